The number of hydrogen-bond acceptors (Lipinski definition) is 2. The van der Waals surface area contributed by atoms with Crippen LogP contribution in [0.3, 0.4) is 0 Å². The van der Waals surface area contributed by atoms with Crippen LogP contribution in [0.5, 0.6) is 0 Å². The Balaban J connectivity index is 2.43. The van der Waals surface area contributed by atoms with Crippen molar-refractivity contribution in [2.24, 2.45) is 22.5 Å². The van der Waals surface area contributed by atoms with Gasteiger partial charge < -0.3 is 11.1 Å². The molecule has 1 aliphatic carbocycles. The largest absolute Gasteiger partial charge is 0.353 e. The van der Waals surface area contributed by atoms with E-state index in [2.05, 4.69) is 39.9 Å². The van der Waals surface area contributed by atoms with E-state index in [1.54, 1.807) is 0 Å². The molecule has 1 rings (SSSR count). The van der Waals surface area contributed by atoms with E-state index in [4.69, 9.17) is 5.73 Å². The van der Waals surface area contributed by atoms with Crippen LogP contribution in [0.15, 0.2) is 0 Å². The molecule has 1 amide bonds. The van der Waals surface area contributed by atoms with Crippen molar-refractivity contribution in [3.63, 3.8) is 0 Å². The average molecular weight is 296 g/mol. The third kappa shape index (κ3) is 6.82. The highest BCUT2D eigenvalue weighted by Gasteiger charge is 2.38. The predicted octanol–water partition coefficient (Wildman–Crippen LogP) is 3.86. The highest BCUT2D eigenvalue weighted by atomic mass is 16.1. The summed E-state index contributed by atoms with van der Waals surface area (Å²) in [5.74, 6) is 0.823. The van der Waals surface area contributed by atoms with E-state index in [1.165, 1.54) is 6.42 Å². The lowest BCUT2D eigenvalue weighted by atomic mass is 9.63. The van der Waals surface area contributed by atoms with Crippen LogP contribution in [0, 0.1) is 16.7 Å². The summed E-state index contributed by atoms with van der Waals surface area (Å²) in [6, 6.07) is 0.339. The van der Waals surface area contributed by atoms with E-state index in [-0.39, 0.29) is 5.91 Å². The van der Waals surface area contributed by atoms with Crippen LogP contribution in [0.4, 0.5) is 0 Å². The molecule has 0 aliphatic heterocycles. The molecule has 0 aromatic heterocycles. The van der Waals surface area contributed by atoms with Gasteiger partial charge in [-0.05, 0) is 55.4 Å². The van der Waals surface area contributed by atoms with E-state index in [0.29, 0.717) is 29.2 Å². The SMILES string of the molecule is CCC(CCN)CCC(=O)NC1CC(C)(C)CC(C)(C)C1. The molecule has 0 heterocycles. The number of nitrogens with one attached hydrogen (secondary N) is 1. The van der Waals surface area contributed by atoms with Gasteiger partial charge in [0.25, 0.3) is 0 Å². The minimum absolute atomic E-state index is 0.226. The second-order valence-corrected chi connectivity index (χ2v) is 8.57. The van der Waals surface area contributed by atoms with Crippen molar-refractivity contribution in [2.45, 2.75) is 85.6 Å². The van der Waals surface area contributed by atoms with Crippen molar-refractivity contribution < 1.29 is 4.79 Å². The van der Waals surface area contributed by atoms with Crippen LogP contribution in [0.25, 0.3) is 0 Å². The highest BCUT2D eigenvalue weighted by molar-refractivity contribution is 5.76. The molecule has 1 atom stereocenters. The molecule has 0 saturated heterocycles. The van der Waals surface area contributed by atoms with Crippen LogP contribution >= 0.6 is 0 Å². The molecule has 0 radical (unpaired) electrons. The van der Waals surface area contributed by atoms with Gasteiger partial charge in [0.05, 0.1) is 0 Å². The maximum Gasteiger partial charge on any atom is 0.220 e. The molecule has 1 unspecified atom stereocenters. The first kappa shape index (κ1) is 18.5. The Hall–Kier alpha value is -0.570. The smallest absolute Gasteiger partial charge is 0.220 e. The van der Waals surface area contributed by atoms with Crippen LogP contribution < -0.4 is 11.1 Å². The zero-order valence-corrected chi connectivity index (χ0v) is 14.8. The van der Waals surface area contributed by atoms with Gasteiger partial charge >= 0.3 is 0 Å². The summed E-state index contributed by atoms with van der Waals surface area (Å²) in [4.78, 5) is 12.2. The Morgan fingerprint density at radius 3 is 2.24 bits per heavy atom. The van der Waals surface area contributed by atoms with Gasteiger partial charge in [-0.25, -0.2) is 0 Å². The minimum atomic E-state index is 0.226. The summed E-state index contributed by atoms with van der Waals surface area (Å²) < 4.78 is 0. The van der Waals surface area contributed by atoms with Gasteiger partial charge in [-0.3, -0.25) is 4.79 Å². The van der Waals surface area contributed by atoms with Gasteiger partial charge in [-0.1, -0.05) is 41.0 Å². The van der Waals surface area contributed by atoms with Crippen molar-refractivity contribution in [1.82, 2.24) is 5.32 Å². The number of hydrogen-bond donors (Lipinski definition) is 2. The summed E-state index contributed by atoms with van der Waals surface area (Å²) in [6.45, 7) is 12.2. The lowest BCUT2D eigenvalue weighted by Crippen LogP contribution is -2.46. The maximum atomic E-state index is 12.2. The Bertz CT molecular complexity index is 320. The predicted molar refractivity (Wildman–Crippen MR) is 90.0 cm³/mol. The fourth-order valence-electron chi connectivity index (χ4n) is 4.37. The molecule has 0 bridgehead atoms. The van der Waals surface area contributed by atoms with E-state index >= 15 is 0 Å². The van der Waals surface area contributed by atoms with E-state index < -0.39 is 0 Å². The Labute approximate surface area is 131 Å². The van der Waals surface area contributed by atoms with Crippen molar-refractivity contribution in [2.75, 3.05) is 6.54 Å². The van der Waals surface area contributed by atoms with Gasteiger partial charge in [0, 0.05) is 12.5 Å². The van der Waals surface area contributed by atoms with Gasteiger partial charge in [-0.2, -0.15) is 0 Å². The molecule has 3 heteroatoms. The van der Waals surface area contributed by atoms with Crippen molar-refractivity contribution in [3.05, 3.63) is 0 Å². The first-order chi connectivity index (χ1) is 9.67. The number of rotatable bonds is 7. The zero-order chi connectivity index (χ0) is 16.1. The monoisotopic (exact) mass is 296 g/mol. The fourth-order valence-corrected chi connectivity index (χ4v) is 4.37. The minimum Gasteiger partial charge on any atom is -0.353 e. The third-order valence-corrected chi connectivity index (χ3v) is 4.85. The van der Waals surface area contributed by atoms with Crippen molar-refractivity contribution in [3.8, 4) is 0 Å². The fraction of sp³-hybridized carbons (Fsp3) is 0.944. The molecule has 21 heavy (non-hydrogen) atoms. The lowest BCUT2D eigenvalue weighted by molar-refractivity contribution is -0.123. The van der Waals surface area contributed by atoms with E-state index in [0.717, 1.165) is 38.6 Å². The summed E-state index contributed by atoms with van der Waals surface area (Å²) in [5.41, 5.74) is 6.27. The highest BCUT2D eigenvalue weighted by Crippen LogP contribution is 2.45. The van der Waals surface area contributed by atoms with Crippen molar-refractivity contribution in [1.29, 1.82) is 0 Å². The molecular weight excluding hydrogens is 260 g/mol. The van der Waals surface area contributed by atoms with E-state index in [9.17, 15) is 4.79 Å². The van der Waals surface area contributed by atoms with Crippen LogP contribution in [0.2, 0.25) is 0 Å². The second kappa shape index (κ2) is 7.62. The number of amides is 1. The maximum absolute atomic E-state index is 12.2. The van der Waals surface area contributed by atoms with Gasteiger partial charge in [0.1, 0.15) is 0 Å². The number of nitrogens with two attached hydrogens (primary N) is 1. The van der Waals surface area contributed by atoms with Gasteiger partial charge in [-0.15, -0.1) is 0 Å². The van der Waals surface area contributed by atoms with Crippen LogP contribution in [-0.4, -0.2) is 18.5 Å². The first-order valence-electron chi connectivity index (χ1n) is 8.67. The Kier molecular flexibility index (Phi) is 6.71. The quantitative estimate of drug-likeness (QED) is 0.749. The first-order valence-corrected chi connectivity index (χ1v) is 8.67. The Morgan fingerprint density at radius 2 is 1.76 bits per heavy atom. The molecule has 3 nitrogen and oxygen atoms in total. The van der Waals surface area contributed by atoms with Gasteiger partial charge in [0.2, 0.25) is 5.91 Å². The van der Waals surface area contributed by atoms with Gasteiger partial charge in [0.15, 0.2) is 0 Å². The molecular formula is C18H36N2O. The third-order valence-electron chi connectivity index (χ3n) is 4.85. The molecule has 1 fully saturated rings. The molecule has 3 N–H and O–H groups in total. The summed E-state index contributed by atoms with van der Waals surface area (Å²) in [5, 5.41) is 3.28. The Morgan fingerprint density at radius 1 is 1.19 bits per heavy atom. The average Bonchev–Trinajstić information content (AvgIpc) is 2.30. The molecule has 0 spiro atoms. The second-order valence-electron chi connectivity index (χ2n) is 8.57. The summed E-state index contributed by atoms with van der Waals surface area (Å²) >= 11 is 0. The van der Waals surface area contributed by atoms with Crippen molar-refractivity contribution >= 4 is 5.91 Å². The lowest BCUT2D eigenvalue weighted by Gasteiger charge is -2.45. The molecule has 0 aromatic carbocycles. The number of carbonyl (C=O) groups excluding carboxylic acids is 1. The van der Waals surface area contributed by atoms with E-state index in [1.807, 2.05) is 0 Å². The zero-order valence-electron chi connectivity index (χ0n) is 14.8. The summed E-state index contributed by atoms with van der Waals surface area (Å²) in [7, 11) is 0. The topological polar surface area (TPSA) is 55.1 Å². The van der Waals surface area contributed by atoms with Crippen LogP contribution in [-0.2, 0) is 4.79 Å². The molecule has 1 aliphatic rings. The summed E-state index contributed by atoms with van der Waals surface area (Å²) in [6.07, 6.45) is 7.21. The van der Waals surface area contributed by atoms with Crippen LogP contribution in [0.1, 0.15) is 79.6 Å². The number of carbonyl (C=O) groups is 1. The molecule has 1 saturated carbocycles. The standard InChI is InChI=1S/C18H36N2O/c1-6-14(9-10-19)7-8-16(21)20-15-11-17(2,3)13-18(4,5)12-15/h14-15H,6-13,19H2,1-5H3,(H,20,21). The molecule has 0 aromatic rings. The normalized spacial score (nSPS) is 22.8. The molecule has 124 valence electrons.